The van der Waals surface area contributed by atoms with E-state index in [9.17, 15) is 0 Å². The van der Waals surface area contributed by atoms with Gasteiger partial charge < -0.3 is 20.5 Å². The lowest BCUT2D eigenvalue weighted by atomic mass is 10.4. The molecule has 0 aromatic heterocycles. The lowest BCUT2D eigenvalue weighted by molar-refractivity contribution is 0.0499. The van der Waals surface area contributed by atoms with Gasteiger partial charge in [0.2, 0.25) is 0 Å². The van der Waals surface area contributed by atoms with Crippen LogP contribution in [0.25, 0.3) is 0 Å². The summed E-state index contributed by atoms with van der Waals surface area (Å²) in [6.45, 7) is 7.06. The molecule has 0 saturated carbocycles. The van der Waals surface area contributed by atoms with Crippen LogP contribution in [0.4, 0.5) is 0 Å². The molecule has 0 heterocycles. The first-order chi connectivity index (χ1) is 7.91. The minimum atomic E-state index is 0.574. The summed E-state index contributed by atoms with van der Waals surface area (Å²) in [6.07, 6.45) is 1.95. The molecule has 3 N–H and O–H groups in total. The van der Waals surface area contributed by atoms with Gasteiger partial charge >= 0.3 is 0 Å². The number of nitrogens with two attached hydrogens (primary N) is 1. The summed E-state index contributed by atoms with van der Waals surface area (Å²) in [4.78, 5) is 0. The topological polar surface area (TPSA) is 56.5 Å². The Kier molecular flexibility index (Phi) is 13.9. The molecule has 0 radical (unpaired) electrons. The zero-order valence-electron chi connectivity index (χ0n) is 10.3. The number of nitrogens with one attached hydrogen (secondary N) is 1. The Morgan fingerprint density at radius 3 is 2.50 bits per heavy atom. The van der Waals surface area contributed by atoms with Crippen molar-refractivity contribution < 1.29 is 9.47 Å². The molecule has 4 nitrogen and oxygen atoms in total. The molecule has 0 aromatic rings. The molecule has 0 spiro atoms. The van der Waals surface area contributed by atoms with E-state index in [1.807, 2.05) is 6.92 Å². The van der Waals surface area contributed by atoms with Gasteiger partial charge in [0.25, 0.3) is 0 Å². The normalized spacial score (nSPS) is 9.88. The lowest BCUT2D eigenvalue weighted by Crippen LogP contribution is -2.18. The van der Waals surface area contributed by atoms with Crippen molar-refractivity contribution in [1.29, 1.82) is 0 Å². The zero-order chi connectivity index (χ0) is 11.9. The van der Waals surface area contributed by atoms with Gasteiger partial charge in [0, 0.05) is 26.1 Å². The first-order valence-corrected chi connectivity index (χ1v) is 5.87. The first kappa shape index (κ1) is 15.4. The van der Waals surface area contributed by atoms with Crippen LogP contribution < -0.4 is 11.1 Å². The molecule has 0 atom stereocenters. The minimum absolute atomic E-state index is 0.574. The van der Waals surface area contributed by atoms with Gasteiger partial charge in [-0.2, -0.15) is 0 Å². The Balaban J connectivity index is 2.89. The Morgan fingerprint density at radius 1 is 1.06 bits per heavy atom. The maximum atomic E-state index is 5.37. The number of hydrogen-bond donors (Lipinski definition) is 2. The Labute approximate surface area is 98.9 Å². The third-order valence-electron chi connectivity index (χ3n) is 1.88. The van der Waals surface area contributed by atoms with Crippen molar-refractivity contribution in [2.75, 3.05) is 46.1 Å². The van der Waals surface area contributed by atoms with E-state index >= 15 is 0 Å². The van der Waals surface area contributed by atoms with Crippen LogP contribution in [0.5, 0.6) is 0 Å². The Morgan fingerprint density at radius 2 is 1.81 bits per heavy atom. The van der Waals surface area contributed by atoms with Crippen molar-refractivity contribution >= 4 is 0 Å². The second-order valence-electron chi connectivity index (χ2n) is 3.29. The summed E-state index contributed by atoms with van der Waals surface area (Å²) < 4.78 is 10.5. The molecule has 94 valence electrons. The highest BCUT2D eigenvalue weighted by Crippen LogP contribution is 1.83. The van der Waals surface area contributed by atoms with E-state index in [4.69, 9.17) is 15.2 Å². The molecule has 0 fully saturated rings. The highest BCUT2D eigenvalue weighted by atomic mass is 16.5. The van der Waals surface area contributed by atoms with Crippen molar-refractivity contribution in [3.05, 3.63) is 0 Å². The Bertz CT molecular complexity index is 187. The fourth-order valence-corrected chi connectivity index (χ4v) is 1.11. The average molecular weight is 228 g/mol. The van der Waals surface area contributed by atoms with Crippen LogP contribution in [0.3, 0.4) is 0 Å². The molecule has 4 heteroatoms. The molecule has 0 amide bonds. The van der Waals surface area contributed by atoms with Gasteiger partial charge in [-0.15, -0.1) is 11.8 Å². The first-order valence-electron chi connectivity index (χ1n) is 5.87. The van der Waals surface area contributed by atoms with Crippen LogP contribution in [0.2, 0.25) is 0 Å². The smallest absolute Gasteiger partial charge is 0.0701 e. The van der Waals surface area contributed by atoms with Crippen LogP contribution >= 0.6 is 0 Å². The standard InChI is InChI=1S/C12H24N2O2/c1-2-3-4-7-14-8-5-9-15-11-12-16-10-6-13/h14H,4-13H2,1H3. The maximum Gasteiger partial charge on any atom is 0.0701 e. The van der Waals surface area contributed by atoms with Gasteiger partial charge in [-0.05, 0) is 19.9 Å². The molecule has 0 bridgehead atoms. The van der Waals surface area contributed by atoms with Crippen LogP contribution in [0, 0.1) is 11.8 Å². The van der Waals surface area contributed by atoms with Gasteiger partial charge in [-0.25, -0.2) is 0 Å². The van der Waals surface area contributed by atoms with Crippen molar-refractivity contribution in [2.45, 2.75) is 19.8 Å². The molecule has 0 unspecified atom stereocenters. The third-order valence-corrected chi connectivity index (χ3v) is 1.88. The summed E-state index contributed by atoms with van der Waals surface area (Å²) in [5.74, 6) is 5.87. The van der Waals surface area contributed by atoms with E-state index in [1.54, 1.807) is 0 Å². The molecule has 16 heavy (non-hydrogen) atoms. The molecule has 0 aliphatic heterocycles. The molecule has 0 aromatic carbocycles. The number of ether oxygens (including phenoxy) is 2. The van der Waals surface area contributed by atoms with E-state index < -0.39 is 0 Å². The highest BCUT2D eigenvalue weighted by Gasteiger charge is 1.90. The fraction of sp³-hybridized carbons (Fsp3) is 0.833. The van der Waals surface area contributed by atoms with Gasteiger partial charge in [0.1, 0.15) is 0 Å². The monoisotopic (exact) mass is 228 g/mol. The van der Waals surface area contributed by atoms with Crippen LogP contribution in [-0.4, -0.2) is 46.1 Å². The fourth-order valence-electron chi connectivity index (χ4n) is 1.11. The van der Waals surface area contributed by atoms with Gasteiger partial charge in [0.05, 0.1) is 19.8 Å². The molecular formula is C12H24N2O2. The summed E-state index contributed by atoms with van der Waals surface area (Å²) >= 11 is 0. The summed E-state index contributed by atoms with van der Waals surface area (Å²) in [7, 11) is 0. The SMILES string of the molecule is CC#CCCNCCCOCCOCCN. The largest absolute Gasteiger partial charge is 0.379 e. The quantitative estimate of drug-likeness (QED) is 0.396. The van der Waals surface area contributed by atoms with Crippen molar-refractivity contribution in [2.24, 2.45) is 5.73 Å². The van der Waals surface area contributed by atoms with Crippen molar-refractivity contribution in [3.63, 3.8) is 0 Å². The minimum Gasteiger partial charge on any atom is -0.379 e. The second kappa shape index (κ2) is 14.4. The average Bonchev–Trinajstić information content (AvgIpc) is 2.31. The number of hydrogen-bond acceptors (Lipinski definition) is 4. The van der Waals surface area contributed by atoms with E-state index in [1.165, 1.54) is 0 Å². The molecule has 0 aliphatic rings. The lowest BCUT2D eigenvalue weighted by Gasteiger charge is -2.05. The molecule has 0 saturated heterocycles. The van der Waals surface area contributed by atoms with Gasteiger partial charge in [-0.3, -0.25) is 0 Å². The summed E-state index contributed by atoms with van der Waals surface area (Å²) in [5.41, 5.74) is 5.28. The Hall–Kier alpha value is -0.600. The van der Waals surface area contributed by atoms with Crippen LogP contribution in [-0.2, 0) is 9.47 Å². The van der Waals surface area contributed by atoms with Crippen molar-refractivity contribution in [3.8, 4) is 11.8 Å². The number of rotatable bonds is 11. The summed E-state index contributed by atoms with van der Waals surface area (Å²) in [6, 6.07) is 0. The van der Waals surface area contributed by atoms with Gasteiger partial charge in [0.15, 0.2) is 0 Å². The van der Waals surface area contributed by atoms with E-state index in [2.05, 4.69) is 17.2 Å². The molecule has 0 aliphatic carbocycles. The predicted octanol–water partition coefficient (Wildman–Crippen LogP) is 0.371. The molecular weight excluding hydrogens is 204 g/mol. The molecule has 0 rings (SSSR count). The van der Waals surface area contributed by atoms with Crippen molar-refractivity contribution in [1.82, 2.24) is 5.32 Å². The van der Waals surface area contributed by atoms with E-state index in [-0.39, 0.29) is 0 Å². The van der Waals surface area contributed by atoms with E-state index in [0.29, 0.717) is 26.4 Å². The van der Waals surface area contributed by atoms with E-state index in [0.717, 1.165) is 32.5 Å². The third kappa shape index (κ3) is 13.4. The van der Waals surface area contributed by atoms with Crippen LogP contribution in [0.1, 0.15) is 19.8 Å². The second-order valence-corrected chi connectivity index (χ2v) is 3.29. The summed E-state index contributed by atoms with van der Waals surface area (Å²) in [5, 5.41) is 3.30. The van der Waals surface area contributed by atoms with Gasteiger partial charge in [-0.1, -0.05) is 0 Å². The van der Waals surface area contributed by atoms with Crippen LogP contribution in [0.15, 0.2) is 0 Å². The highest BCUT2D eigenvalue weighted by molar-refractivity contribution is 4.94. The maximum absolute atomic E-state index is 5.37. The zero-order valence-corrected chi connectivity index (χ0v) is 10.3. The predicted molar refractivity (Wildman–Crippen MR) is 66.2 cm³/mol.